The number of anilines is 3. The Balaban J connectivity index is 0.000000207. The maximum absolute atomic E-state index is 11.4. The molecule has 2 heterocycles. The monoisotopic (exact) mass is 506 g/mol. The summed E-state index contributed by atoms with van der Waals surface area (Å²) in [5.74, 6) is 2.69. The standard InChI is InChI=1S/C14H15N5O2.C11H13NO2.C2H6/c1-21-14-13(16-9(6-7-20)8-15-14)17-12-10-4-2-3-5-11(10)18-19-12;1-14-10-6-4-9(5-7-10)12-11(13)8-2-3-8;1-2/h2-5,8,20H,6-7H2,1H3,(H2,16,17,18,19);4-8H,2-3H2,1H3,(H,12,13);1-2H3. The van der Waals surface area contributed by atoms with Crippen molar-refractivity contribution >= 4 is 34.1 Å². The zero-order valence-electron chi connectivity index (χ0n) is 21.6. The van der Waals surface area contributed by atoms with Crippen molar-refractivity contribution in [2.24, 2.45) is 5.92 Å². The molecular weight excluding hydrogens is 472 g/mol. The molecular formula is C27H34N6O4. The normalized spacial score (nSPS) is 11.9. The molecule has 0 radical (unpaired) electrons. The molecule has 4 aromatic rings. The fourth-order valence-corrected chi connectivity index (χ4v) is 3.32. The van der Waals surface area contributed by atoms with E-state index in [0.717, 1.165) is 35.2 Å². The second-order valence-corrected chi connectivity index (χ2v) is 7.93. The molecule has 37 heavy (non-hydrogen) atoms. The number of carbonyl (C=O) groups is 1. The van der Waals surface area contributed by atoms with E-state index in [-0.39, 0.29) is 18.4 Å². The van der Waals surface area contributed by atoms with Crippen molar-refractivity contribution in [3.63, 3.8) is 0 Å². The first kappa shape index (κ1) is 27.4. The average molecular weight is 507 g/mol. The number of methoxy groups -OCH3 is 2. The first-order chi connectivity index (χ1) is 18.1. The summed E-state index contributed by atoms with van der Waals surface area (Å²) in [5.41, 5.74) is 2.45. The van der Waals surface area contributed by atoms with Crippen LogP contribution in [-0.4, -0.2) is 52.0 Å². The Morgan fingerprint density at radius 2 is 1.78 bits per heavy atom. The molecule has 0 bridgehead atoms. The van der Waals surface area contributed by atoms with Crippen LogP contribution in [-0.2, 0) is 11.2 Å². The Morgan fingerprint density at radius 3 is 2.43 bits per heavy atom. The van der Waals surface area contributed by atoms with E-state index in [1.54, 1.807) is 13.3 Å². The number of hydrogen-bond donors (Lipinski definition) is 4. The van der Waals surface area contributed by atoms with Gasteiger partial charge in [-0.3, -0.25) is 9.89 Å². The number of H-pyrrole nitrogens is 1. The lowest BCUT2D eigenvalue weighted by molar-refractivity contribution is -0.117. The Labute approximate surface area is 216 Å². The van der Waals surface area contributed by atoms with Gasteiger partial charge < -0.3 is 25.2 Å². The van der Waals surface area contributed by atoms with E-state index in [1.807, 2.05) is 62.4 Å². The number of aromatic nitrogens is 4. The van der Waals surface area contributed by atoms with Gasteiger partial charge in [0, 0.05) is 30.0 Å². The van der Waals surface area contributed by atoms with E-state index in [9.17, 15) is 4.79 Å². The number of hydrogen-bond acceptors (Lipinski definition) is 8. The summed E-state index contributed by atoms with van der Waals surface area (Å²) in [5, 5.41) is 23.1. The molecule has 1 amide bonds. The van der Waals surface area contributed by atoms with Crippen molar-refractivity contribution in [3.8, 4) is 11.6 Å². The molecule has 196 valence electrons. The molecule has 0 spiro atoms. The smallest absolute Gasteiger partial charge is 0.257 e. The lowest BCUT2D eigenvalue weighted by Gasteiger charge is -2.09. The van der Waals surface area contributed by atoms with E-state index in [2.05, 4.69) is 30.8 Å². The number of aromatic amines is 1. The number of aliphatic hydroxyl groups is 1. The molecule has 0 unspecified atom stereocenters. The minimum Gasteiger partial charge on any atom is -0.497 e. The molecule has 0 atom stereocenters. The second-order valence-electron chi connectivity index (χ2n) is 7.93. The molecule has 2 aromatic heterocycles. The number of rotatable bonds is 8. The van der Waals surface area contributed by atoms with Crippen molar-refractivity contribution in [3.05, 3.63) is 60.4 Å². The van der Waals surface area contributed by atoms with Crippen LogP contribution >= 0.6 is 0 Å². The van der Waals surface area contributed by atoms with Crippen LogP contribution in [0.3, 0.4) is 0 Å². The van der Waals surface area contributed by atoms with Crippen LogP contribution < -0.4 is 20.1 Å². The lowest BCUT2D eigenvalue weighted by atomic mass is 10.2. The molecule has 2 aromatic carbocycles. The molecule has 10 heteroatoms. The Morgan fingerprint density at radius 1 is 1.05 bits per heavy atom. The molecule has 1 aliphatic carbocycles. The van der Waals surface area contributed by atoms with E-state index in [1.165, 1.54) is 7.11 Å². The maximum atomic E-state index is 11.4. The third-order valence-electron chi connectivity index (χ3n) is 5.36. The van der Waals surface area contributed by atoms with Crippen LogP contribution in [0.15, 0.2) is 54.7 Å². The summed E-state index contributed by atoms with van der Waals surface area (Å²) in [6, 6.07) is 15.1. The predicted octanol–water partition coefficient (Wildman–Crippen LogP) is 4.71. The highest BCUT2D eigenvalue weighted by molar-refractivity contribution is 5.94. The molecule has 4 N–H and O–H groups in total. The number of fused-ring (bicyclic) bond motifs is 1. The van der Waals surface area contributed by atoms with Crippen LogP contribution in [0.1, 0.15) is 32.4 Å². The van der Waals surface area contributed by atoms with Crippen LogP contribution in [0.2, 0.25) is 0 Å². The zero-order valence-corrected chi connectivity index (χ0v) is 21.6. The summed E-state index contributed by atoms with van der Waals surface area (Å²) in [4.78, 5) is 20.0. The number of nitrogens with one attached hydrogen (secondary N) is 3. The summed E-state index contributed by atoms with van der Waals surface area (Å²) < 4.78 is 10.2. The minimum atomic E-state index is 0.0196. The molecule has 10 nitrogen and oxygen atoms in total. The van der Waals surface area contributed by atoms with Crippen molar-refractivity contribution < 1.29 is 19.4 Å². The van der Waals surface area contributed by atoms with Gasteiger partial charge in [0.2, 0.25) is 5.91 Å². The average Bonchev–Trinajstić information content (AvgIpc) is 3.73. The fraction of sp³-hybridized carbons (Fsp3) is 0.333. The Hall–Kier alpha value is -4.18. The molecule has 1 fully saturated rings. The van der Waals surface area contributed by atoms with Crippen LogP contribution in [0.5, 0.6) is 11.6 Å². The molecule has 1 saturated carbocycles. The molecule has 1 aliphatic rings. The number of aliphatic hydroxyl groups excluding tert-OH is 1. The summed E-state index contributed by atoms with van der Waals surface area (Å²) in [7, 11) is 3.15. The quantitative estimate of drug-likeness (QED) is 0.270. The number of amides is 1. The molecule has 0 saturated heterocycles. The minimum absolute atomic E-state index is 0.0196. The second kappa shape index (κ2) is 13.8. The topological polar surface area (TPSA) is 134 Å². The number of ether oxygens (including phenoxy) is 2. The number of carbonyl (C=O) groups excluding carboxylic acids is 1. The van der Waals surface area contributed by atoms with Gasteiger partial charge in [-0.15, -0.1) is 0 Å². The van der Waals surface area contributed by atoms with Crippen molar-refractivity contribution in [2.45, 2.75) is 33.1 Å². The van der Waals surface area contributed by atoms with E-state index in [4.69, 9.17) is 14.6 Å². The number of benzene rings is 2. The highest BCUT2D eigenvalue weighted by Gasteiger charge is 2.29. The SMILES string of the molecule is CC.COc1ccc(NC(=O)C2CC2)cc1.COc1ncc(CCO)nc1Nc1n[nH]c2ccccc12. The highest BCUT2D eigenvalue weighted by Crippen LogP contribution is 2.30. The summed E-state index contributed by atoms with van der Waals surface area (Å²) >= 11 is 0. The third kappa shape index (κ3) is 7.65. The van der Waals surface area contributed by atoms with Gasteiger partial charge in [0.05, 0.1) is 31.6 Å². The Kier molecular flexibility index (Phi) is 10.2. The summed E-state index contributed by atoms with van der Waals surface area (Å²) in [6.45, 7) is 4.02. The largest absolute Gasteiger partial charge is 0.497 e. The van der Waals surface area contributed by atoms with E-state index in [0.29, 0.717) is 29.6 Å². The van der Waals surface area contributed by atoms with E-state index >= 15 is 0 Å². The number of para-hydroxylation sites is 1. The van der Waals surface area contributed by atoms with Gasteiger partial charge >= 0.3 is 0 Å². The number of nitrogens with zero attached hydrogens (tertiary/aromatic N) is 3. The zero-order chi connectivity index (χ0) is 26.6. The molecule has 5 rings (SSSR count). The maximum Gasteiger partial charge on any atom is 0.257 e. The van der Waals surface area contributed by atoms with Gasteiger partial charge in [-0.2, -0.15) is 5.10 Å². The first-order valence-corrected chi connectivity index (χ1v) is 12.3. The Bertz CT molecular complexity index is 1270. The third-order valence-corrected chi connectivity index (χ3v) is 5.36. The van der Waals surface area contributed by atoms with Crippen LogP contribution in [0.4, 0.5) is 17.3 Å². The van der Waals surface area contributed by atoms with Gasteiger partial charge in [-0.25, -0.2) is 9.97 Å². The van der Waals surface area contributed by atoms with Gasteiger partial charge in [0.1, 0.15) is 5.75 Å². The predicted molar refractivity (Wildman–Crippen MR) is 144 cm³/mol. The van der Waals surface area contributed by atoms with Gasteiger partial charge in [0.15, 0.2) is 11.6 Å². The van der Waals surface area contributed by atoms with E-state index < -0.39 is 0 Å². The molecule has 0 aliphatic heterocycles. The van der Waals surface area contributed by atoms with Gasteiger partial charge in [-0.05, 0) is 49.2 Å². The highest BCUT2D eigenvalue weighted by atomic mass is 16.5. The van der Waals surface area contributed by atoms with Crippen LogP contribution in [0.25, 0.3) is 10.9 Å². The van der Waals surface area contributed by atoms with Crippen molar-refractivity contribution in [2.75, 3.05) is 31.5 Å². The summed E-state index contributed by atoms with van der Waals surface area (Å²) in [6.07, 6.45) is 4.08. The van der Waals surface area contributed by atoms with Gasteiger partial charge in [0.25, 0.3) is 5.88 Å². The van der Waals surface area contributed by atoms with Gasteiger partial charge in [-0.1, -0.05) is 26.0 Å². The van der Waals surface area contributed by atoms with Crippen molar-refractivity contribution in [1.82, 2.24) is 20.2 Å². The fourth-order valence-electron chi connectivity index (χ4n) is 3.32. The lowest BCUT2D eigenvalue weighted by Crippen LogP contribution is -2.12. The van der Waals surface area contributed by atoms with Crippen molar-refractivity contribution in [1.29, 1.82) is 0 Å². The van der Waals surface area contributed by atoms with Crippen LogP contribution in [0, 0.1) is 5.92 Å². The first-order valence-electron chi connectivity index (χ1n) is 12.3.